The Labute approximate surface area is 214 Å². The fourth-order valence-electron chi connectivity index (χ4n) is 3.62. The number of hydrogen-bond donors (Lipinski definition) is 1. The average molecular weight is 521 g/mol. The van der Waals surface area contributed by atoms with Gasteiger partial charge >= 0.3 is 6.18 Å². The fraction of sp³-hybridized carbons (Fsp3) is 0.0741. The highest BCUT2D eigenvalue weighted by Crippen LogP contribution is 2.31. The van der Waals surface area contributed by atoms with Crippen LogP contribution in [0.25, 0.3) is 17.3 Å². The Balaban J connectivity index is 1.29. The number of benzene rings is 3. The molecule has 0 saturated carbocycles. The molecule has 0 aliphatic carbocycles. The molecular formula is C27H19F3N4O2S. The van der Waals surface area contributed by atoms with Crippen LogP contribution in [0.4, 0.5) is 18.9 Å². The van der Waals surface area contributed by atoms with Gasteiger partial charge in [0, 0.05) is 22.7 Å². The third-order valence-electron chi connectivity index (χ3n) is 5.42. The van der Waals surface area contributed by atoms with E-state index in [0.29, 0.717) is 28.1 Å². The van der Waals surface area contributed by atoms with Gasteiger partial charge in [0.2, 0.25) is 5.82 Å². The van der Waals surface area contributed by atoms with Gasteiger partial charge in [-0.25, -0.2) is 0 Å². The first-order valence-corrected chi connectivity index (χ1v) is 12.1. The van der Waals surface area contributed by atoms with Crippen LogP contribution >= 0.6 is 11.8 Å². The van der Waals surface area contributed by atoms with Gasteiger partial charge in [0.15, 0.2) is 10.9 Å². The summed E-state index contributed by atoms with van der Waals surface area (Å²) in [6.07, 6.45) is -2.90. The van der Waals surface area contributed by atoms with Crippen molar-refractivity contribution >= 4 is 23.4 Å². The van der Waals surface area contributed by atoms with Gasteiger partial charge in [-0.3, -0.25) is 9.36 Å². The number of aromatic nitrogens is 3. The molecule has 5 rings (SSSR count). The lowest BCUT2D eigenvalue weighted by Gasteiger charge is -2.10. The second-order valence-electron chi connectivity index (χ2n) is 7.97. The Bertz CT molecular complexity index is 1500. The van der Waals surface area contributed by atoms with Crippen molar-refractivity contribution < 1.29 is 22.4 Å². The molecule has 3 aromatic carbocycles. The van der Waals surface area contributed by atoms with Gasteiger partial charge < -0.3 is 9.73 Å². The Hall–Kier alpha value is -4.31. The number of carbonyl (C=O) groups is 1. The number of anilines is 1. The van der Waals surface area contributed by atoms with E-state index in [2.05, 4.69) is 15.5 Å². The van der Waals surface area contributed by atoms with Crippen LogP contribution in [0.2, 0.25) is 0 Å². The zero-order valence-corrected chi connectivity index (χ0v) is 20.0. The summed E-state index contributed by atoms with van der Waals surface area (Å²) in [5, 5.41) is 11.9. The van der Waals surface area contributed by atoms with Gasteiger partial charge in [0.1, 0.15) is 0 Å². The second-order valence-corrected chi connectivity index (χ2v) is 8.92. The van der Waals surface area contributed by atoms with Gasteiger partial charge in [0.05, 0.1) is 11.8 Å². The summed E-state index contributed by atoms with van der Waals surface area (Å²) in [7, 11) is 0. The molecule has 0 spiro atoms. The molecule has 0 atom stereocenters. The maximum absolute atomic E-state index is 12.9. The first-order chi connectivity index (χ1) is 17.9. The quantitative estimate of drug-likeness (QED) is 0.232. The predicted octanol–water partition coefficient (Wildman–Crippen LogP) is 7.09. The summed E-state index contributed by atoms with van der Waals surface area (Å²) in [4.78, 5) is 12.6. The van der Waals surface area contributed by atoms with E-state index in [1.165, 1.54) is 23.9 Å². The minimum Gasteiger partial charge on any atom is -0.461 e. The summed E-state index contributed by atoms with van der Waals surface area (Å²) in [5.74, 6) is 1.24. The summed E-state index contributed by atoms with van der Waals surface area (Å²) < 4.78 is 46.2. The van der Waals surface area contributed by atoms with E-state index in [4.69, 9.17) is 4.42 Å². The number of carbonyl (C=O) groups excluding carboxylic acids is 1. The van der Waals surface area contributed by atoms with E-state index < -0.39 is 17.6 Å². The lowest BCUT2D eigenvalue weighted by atomic mass is 10.1. The molecule has 1 amide bonds. The first kappa shape index (κ1) is 24.4. The van der Waals surface area contributed by atoms with Crippen molar-refractivity contribution in [1.29, 1.82) is 0 Å². The predicted molar refractivity (Wildman–Crippen MR) is 134 cm³/mol. The summed E-state index contributed by atoms with van der Waals surface area (Å²) in [6.45, 7) is 0. The van der Waals surface area contributed by atoms with Crippen molar-refractivity contribution in [2.24, 2.45) is 0 Å². The van der Waals surface area contributed by atoms with E-state index >= 15 is 0 Å². The number of amides is 1. The fourth-order valence-corrected chi connectivity index (χ4v) is 4.52. The number of para-hydroxylation sites is 1. The van der Waals surface area contributed by atoms with Gasteiger partial charge in [-0.15, -0.1) is 10.2 Å². The minimum atomic E-state index is -4.48. The first-order valence-electron chi connectivity index (χ1n) is 11.1. The molecule has 37 heavy (non-hydrogen) atoms. The van der Waals surface area contributed by atoms with Crippen LogP contribution in [0, 0.1) is 0 Å². The smallest absolute Gasteiger partial charge is 0.416 e. The zero-order chi connectivity index (χ0) is 25.8. The molecule has 2 aromatic heterocycles. The molecule has 1 N–H and O–H groups in total. The number of hydrogen-bond acceptors (Lipinski definition) is 5. The van der Waals surface area contributed by atoms with E-state index in [1.807, 2.05) is 41.0 Å². The van der Waals surface area contributed by atoms with Gasteiger partial charge in [-0.05, 0) is 60.2 Å². The molecule has 0 bridgehead atoms. The zero-order valence-electron chi connectivity index (χ0n) is 19.1. The van der Waals surface area contributed by atoms with Crippen molar-refractivity contribution in [2.45, 2.75) is 17.1 Å². The number of rotatable bonds is 7. The van der Waals surface area contributed by atoms with Crippen molar-refractivity contribution in [2.75, 3.05) is 5.32 Å². The lowest BCUT2D eigenvalue weighted by Crippen LogP contribution is -2.13. The number of furan rings is 1. The maximum Gasteiger partial charge on any atom is 0.416 e. The average Bonchev–Trinajstić information content (AvgIpc) is 3.58. The molecule has 0 fully saturated rings. The normalized spacial score (nSPS) is 11.4. The Kier molecular flexibility index (Phi) is 6.82. The van der Waals surface area contributed by atoms with Crippen LogP contribution in [0.1, 0.15) is 21.5 Å². The van der Waals surface area contributed by atoms with Crippen LogP contribution in [0.15, 0.2) is 107 Å². The van der Waals surface area contributed by atoms with Crippen LogP contribution in [-0.4, -0.2) is 20.7 Å². The number of halogens is 3. The number of nitrogens with one attached hydrogen (secondary N) is 1. The van der Waals surface area contributed by atoms with E-state index in [-0.39, 0.29) is 5.69 Å². The molecule has 10 heteroatoms. The molecular weight excluding hydrogens is 501 g/mol. The largest absolute Gasteiger partial charge is 0.461 e. The van der Waals surface area contributed by atoms with Crippen LogP contribution < -0.4 is 5.32 Å². The van der Waals surface area contributed by atoms with Gasteiger partial charge in [-0.1, -0.05) is 48.2 Å². The maximum atomic E-state index is 12.9. The van der Waals surface area contributed by atoms with Gasteiger partial charge in [0.25, 0.3) is 5.91 Å². The third-order valence-corrected chi connectivity index (χ3v) is 6.42. The van der Waals surface area contributed by atoms with Crippen LogP contribution in [-0.2, 0) is 11.9 Å². The topological polar surface area (TPSA) is 73.0 Å². The van der Waals surface area contributed by atoms with E-state index in [9.17, 15) is 18.0 Å². The molecule has 6 nitrogen and oxygen atoms in total. The van der Waals surface area contributed by atoms with Crippen molar-refractivity contribution in [1.82, 2.24) is 14.8 Å². The Morgan fingerprint density at radius 2 is 1.70 bits per heavy atom. The summed E-state index contributed by atoms with van der Waals surface area (Å²) in [5.41, 5.74) is 1.41. The Morgan fingerprint density at radius 3 is 2.41 bits per heavy atom. The third kappa shape index (κ3) is 5.59. The lowest BCUT2D eigenvalue weighted by molar-refractivity contribution is -0.137. The van der Waals surface area contributed by atoms with E-state index in [0.717, 1.165) is 23.4 Å². The summed E-state index contributed by atoms with van der Waals surface area (Å²) in [6, 6.07) is 24.7. The number of nitrogens with zero attached hydrogens (tertiary/aromatic N) is 3. The second kappa shape index (κ2) is 10.4. The highest BCUT2D eigenvalue weighted by atomic mass is 32.2. The molecule has 0 radical (unpaired) electrons. The molecule has 0 unspecified atom stereocenters. The van der Waals surface area contributed by atoms with Crippen LogP contribution in [0.5, 0.6) is 0 Å². The highest BCUT2D eigenvalue weighted by molar-refractivity contribution is 7.98. The van der Waals surface area contributed by atoms with Gasteiger partial charge in [-0.2, -0.15) is 13.2 Å². The van der Waals surface area contributed by atoms with E-state index in [1.54, 1.807) is 36.6 Å². The number of alkyl halides is 3. The molecule has 0 aliphatic rings. The minimum absolute atomic E-state index is 0.0760. The van der Waals surface area contributed by atoms with Crippen LogP contribution in [0.3, 0.4) is 0 Å². The molecule has 0 aliphatic heterocycles. The molecule has 2 heterocycles. The standard InChI is InChI=1S/C27H19F3N4O2S/c28-27(29,30)20-6-4-7-21(16-20)31-25(35)19-13-11-18(12-14-19)17-37-26-33-32-24(23-10-5-15-36-23)34(26)22-8-2-1-3-9-22/h1-16H,17H2,(H,31,35). The molecule has 5 aromatic rings. The Morgan fingerprint density at radius 1 is 0.919 bits per heavy atom. The summed E-state index contributed by atoms with van der Waals surface area (Å²) >= 11 is 1.47. The monoisotopic (exact) mass is 520 g/mol. The molecule has 0 saturated heterocycles. The SMILES string of the molecule is O=C(Nc1cccc(C(F)(F)F)c1)c1ccc(CSc2nnc(-c3ccco3)n2-c2ccccc2)cc1. The van der Waals surface area contributed by atoms with Crippen molar-refractivity contribution in [3.05, 3.63) is 114 Å². The number of thioether (sulfide) groups is 1. The van der Waals surface area contributed by atoms with Crippen molar-refractivity contribution in [3.8, 4) is 17.3 Å². The molecule has 186 valence electrons. The van der Waals surface area contributed by atoms with Crippen molar-refractivity contribution in [3.63, 3.8) is 0 Å². The highest BCUT2D eigenvalue weighted by Gasteiger charge is 2.30.